The van der Waals surface area contributed by atoms with Crippen LogP contribution in [0.2, 0.25) is 0 Å². The molecule has 0 aliphatic carbocycles. The molecule has 8 N–H and O–H groups in total. The Hall–Kier alpha value is -3.88. The van der Waals surface area contributed by atoms with Gasteiger partial charge in [-0.05, 0) is 19.8 Å². The van der Waals surface area contributed by atoms with Crippen LogP contribution < -0.4 is 21.3 Å². The van der Waals surface area contributed by atoms with Crippen molar-refractivity contribution >= 4 is 51.7 Å². The van der Waals surface area contributed by atoms with E-state index in [1.54, 1.807) is 0 Å². The van der Waals surface area contributed by atoms with Gasteiger partial charge < -0.3 is 46.1 Å². The molecule has 0 heterocycles. The second-order valence-electron chi connectivity index (χ2n) is 8.70. The van der Waals surface area contributed by atoms with Crippen molar-refractivity contribution in [2.24, 2.45) is 0 Å². The molecule has 4 amide bonds. The van der Waals surface area contributed by atoms with Crippen molar-refractivity contribution in [1.29, 1.82) is 0 Å². The first kappa shape index (κ1) is 38.1. The number of hydrogen-bond donors (Lipinski definition) is 8. The van der Waals surface area contributed by atoms with Gasteiger partial charge in [0.2, 0.25) is 23.6 Å². The molecule has 0 rings (SSSR count). The molecule has 0 saturated carbocycles. The first-order chi connectivity index (χ1) is 19.5. The lowest BCUT2D eigenvalue weighted by Gasteiger charge is -2.20. The summed E-state index contributed by atoms with van der Waals surface area (Å²) < 4.78 is 41.8. The van der Waals surface area contributed by atoms with E-state index >= 15 is 0 Å². The van der Waals surface area contributed by atoms with Crippen molar-refractivity contribution in [1.82, 2.24) is 21.3 Å². The van der Waals surface area contributed by atoms with Gasteiger partial charge in [0.25, 0.3) is 10.1 Å². The molecule has 42 heavy (non-hydrogen) atoms. The van der Waals surface area contributed by atoms with Gasteiger partial charge in [0.05, 0.1) is 19.8 Å². The molecule has 0 bridgehead atoms. The normalized spacial score (nSPS) is 13.2. The average molecular weight is 629 g/mol. The van der Waals surface area contributed by atoms with E-state index in [2.05, 4.69) is 10.6 Å². The molecule has 0 radical (unpaired) electrons. The van der Waals surface area contributed by atoms with E-state index in [4.69, 9.17) is 24.2 Å². The van der Waals surface area contributed by atoms with Crippen LogP contribution in [0.15, 0.2) is 0 Å². The van der Waals surface area contributed by atoms with E-state index in [-0.39, 0.29) is 58.7 Å². The van der Waals surface area contributed by atoms with Crippen molar-refractivity contribution in [3.8, 4) is 0 Å². The minimum atomic E-state index is -4.80. The van der Waals surface area contributed by atoms with Crippen LogP contribution in [0, 0.1) is 0 Å². The molecule has 20 heteroatoms. The first-order valence-electron chi connectivity index (χ1n) is 12.5. The molecular weight excluding hydrogens is 592 g/mol. The number of carbonyl (C=O) groups is 7. The summed E-state index contributed by atoms with van der Waals surface area (Å²) in [4.78, 5) is 80.7. The number of rotatable bonds is 23. The Balaban J connectivity index is 4.52. The summed E-state index contributed by atoms with van der Waals surface area (Å²) in [5.41, 5.74) is 0. The average Bonchev–Trinajstić information content (AvgIpc) is 2.86. The summed E-state index contributed by atoms with van der Waals surface area (Å²) in [6.07, 6.45) is -1.68. The van der Waals surface area contributed by atoms with Gasteiger partial charge in [0.15, 0.2) is 0 Å². The number of carboxylic acid groups (broad SMARTS) is 3. The van der Waals surface area contributed by atoms with E-state index in [1.165, 1.54) is 6.92 Å². The third-order valence-electron chi connectivity index (χ3n) is 5.02. The minimum Gasteiger partial charge on any atom is -0.481 e. The molecule has 240 valence electrons. The summed E-state index contributed by atoms with van der Waals surface area (Å²) in [6, 6.07) is -4.63. The van der Waals surface area contributed by atoms with Crippen molar-refractivity contribution < 1.29 is 71.3 Å². The van der Waals surface area contributed by atoms with E-state index in [0.29, 0.717) is 0 Å². The van der Waals surface area contributed by atoms with Gasteiger partial charge in [-0.2, -0.15) is 8.42 Å². The van der Waals surface area contributed by atoms with Gasteiger partial charge in [-0.3, -0.25) is 33.3 Å². The van der Waals surface area contributed by atoms with Gasteiger partial charge >= 0.3 is 17.9 Å². The number of amides is 4. The number of hydrogen-bond acceptors (Lipinski definition) is 11. The molecule has 0 aromatic rings. The van der Waals surface area contributed by atoms with Crippen LogP contribution in [0.5, 0.6) is 0 Å². The van der Waals surface area contributed by atoms with Gasteiger partial charge in [0.1, 0.15) is 30.5 Å². The molecule has 0 aromatic carbocycles. The number of ether oxygens (including phenoxy) is 2. The molecular formula is C22H36N4O15S. The third kappa shape index (κ3) is 20.1. The maximum Gasteiger partial charge on any atom is 0.326 e. The zero-order chi connectivity index (χ0) is 32.3. The Morgan fingerprint density at radius 3 is 1.95 bits per heavy atom. The van der Waals surface area contributed by atoms with Gasteiger partial charge in [-0.25, -0.2) is 4.79 Å². The molecule has 0 spiro atoms. The number of carbonyl (C=O) groups excluding carboxylic acids is 4. The Labute approximate surface area is 240 Å². The largest absolute Gasteiger partial charge is 0.481 e. The topological polar surface area (TPSA) is 301 Å². The Morgan fingerprint density at radius 2 is 1.38 bits per heavy atom. The van der Waals surface area contributed by atoms with Gasteiger partial charge in [-0.15, -0.1) is 0 Å². The lowest BCUT2D eigenvalue weighted by molar-refractivity contribution is -0.142. The zero-order valence-corrected chi connectivity index (χ0v) is 23.5. The fourth-order valence-electron chi connectivity index (χ4n) is 2.95. The highest BCUT2D eigenvalue weighted by Gasteiger charge is 2.30. The van der Waals surface area contributed by atoms with Gasteiger partial charge in [0, 0.05) is 25.8 Å². The third-order valence-corrected chi connectivity index (χ3v) is 5.77. The smallest absolute Gasteiger partial charge is 0.326 e. The van der Waals surface area contributed by atoms with Crippen LogP contribution in [-0.4, -0.2) is 127 Å². The Bertz CT molecular complexity index is 1070. The predicted octanol–water partition coefficient (Wildman–Crippen LogP) is -3.30. The molecule has 0 aliphatic rings. The van der Waals surface area contributed by atoms with Crippen LogP contribution in [0.1, 0.15) is 39.0 Å². The maximum absolute atomic E-state index is 12.5. The Morgan fingerprint density at radius 1 is 0.738 bits per heavy atom. The molecule has 0 aromatic heterocycles. The monoisotopic (exact) mass is 628 g/mol. The second kappa shape index (κ2) is 20.1. The van der Waals surface area contributed by atoms with Crippen LogP contribution in [-0.2, 0) is 53.2 Å². The maximum atomic E-state index is 12.5. The molecule has 3 atom stereocenters. The van der Waals surface area contributed by atoms with Crippen molar-refractivity contribution in [3.05, 3.63) is 0 Å². The number of carboxylic acids is 3. The van der Waals surface area contributed by atoms with Crippen LogP contribution in [0.25, 0.3) is 0 Å². The minimum absolute atomic E-state index is 0.00414. The summed E-state index contributed by atoms with van der Waals surface area (Å²) in [7, 11) is -4.80. The highest BCUT2D eigenvalue weighted by Crippen LogP contribution is 2.02. The van der Waals surface area contributed by atoms with E-state index in [9.17, 15) is 47.1 Å². The van der Waals surface area contributed by atoms with Gasteiger partial charge in [-0.1, -0.05) is 0 Å². The van der Waals surface area contributed by atoms with Crippen LogP contribution in [0.4, 0.5) is 0 Å². The van der Waals surface area contributed by atoms with E-state index in [0.717, 1.165) is 0 Å². The van der Waals surface area contributed by atoms with E-state index < -0.39 is 82.0 Å². The summed E-state index contributed by atoms with van der Waals surface area (Å²) in [6.45, 7) is 1.01. The Kier molecular flexibility index (Phi) is 18.2. The molecule has 0 fully saturated rings. The number of aliphatic carboxylic acids is 3. The van der Waals surface area contributed by atoms with Crippen molar-refractivity contribution in [2.75, 3.05) is 38.7 Å². The standard InChI is InChI=1S/C22H36N4O15S/c1-13(21(33)34)24-18(29)11-41-10-9-40-8-7-23-16(27)6-5-14(22(35)36)26-20(32)15(12-42(37,38)39)25-17(28)3-2-4-19(30)31/h13-15H,2-12H2,1H3,(H,23,27)(H,24,29)(H,25,28)(H,26,32)(H,30,31)(H,33,34)(H,35,36)(H,37,38,39). The van der Waals surface area contributed by atoms with Crippen LogP contribution in [0.3, 0.4) is 0 Å². The summed E-state index contributed by atoms with van der Waals surface area (Å²) in [5, 5.41) is 35.3. The number of nitrogens with one attached hydrogen (secondary N) is 4. The molecule has 0 saturated heterocycles. The fourth-order valence-corrected chi connectivity index (χ4v) is 3.60. The van der Waals surface area contributed by atoms with Crippen molar-refractivity contribution in [2.45, 2.75) is 57.2 Å². The van der Waals surface area contributed by atoms with Crippen LogP contribution >= 0.6 is 0 Å². The summed E-state index contributed by atoms with van der Waals surface area (Å²) >= 11 is 0. The highest BCUT2D eigenvalue weighted by molar-refractivity contribution is 7.85. The van der Waals surface area contributed by atoms with Crippen molar-refractivity contribution in [3.63, 3.8) is 0 Å². The zero-order valence-electron chi connectivity index (χ0n) is 22.7. The summed E-state index contributed by atoms with van der Waals surface area (Å²) in [5.74, 6) is -8.64. The lowest BCUT2D eigenvalue weighted by atomic mass is 10.1. The molecule has 0 aliphatic heterocycles. The SMILES string of the molecule is CC(NC(=O)COCCOCCNC(=O)CCC(NC(=O)C(CS(=O)(=O)O)NC(=O)CCCC(=O)O)C(=O)O)C(=O)O. The molecule has 19 nitrogen and oxygen atoms in total. The molecule has 3 unspecified atom stereocenters. The second-order valence-corrected chi connectivity index (χ2v) is 10.2. The quantitative estimate of drug-likeness (QED) is 0.0406. The lowest BCUT2D eigenvalue weighted by Crippen LogP contribution is -2.54. The fraction of sp³-hybridized carbons (Fsp3) is 0.682. The first-order valence-corrected chi connectivity index (χ1v) is 14.1. The van der Waals surface area contributed by atoms with E-state index in [1.807, 2.05) is 10.6 Å². The highest BCUT2D eigenvalue weighted by atomic mass is 32.2. The predicted molar refractivity (Wildman–Crippen MR) is 139 cm³/mol.